The lowest BCUT2D eigenvalue weighted by Gasteiger charge is -2.17. The Morgan fingerprint density at radius 2 is 1.77 bits per heavy atom. The van der Waals surface area contributed by atoms with E-state index in [1.165, 1.54) is 0 Å². The van der Waals surface area contributed by atoms with E-state index in [9.17, 15) is 4.79 Å². The van der Waals surface area contributed by atoms with E-state index in [4.69, 9.17) is 16.3 Å². The lowest BCUT2D eigenvalue weighted by molar-refractivity contribution is -0.113. The smallest absolute Gasteiger partial charge is 0.229 e. The summed E-state index contributed by atoms with van der Waals surface area (Å²) in [6.07, 6.45) is 0.552. The van der Waals surface area contributed by atoms with Gasteiger partial charge in [0, 0.05) is 25.3 Å². The molecule has 2 aromatic rings. The van der Waals surface area contributed by atoms with E-state index >= 15 is 0 Å². The molecule has 0 spiro atoms. The largest absolute Gasteiger partial charge is 0.496 e. The highest BCUT2D eigenvalue weighted by Crippen LogP contribution is 2.31. The van der Waals surface area contributed by atoms with Crippen molar-refractivity contribution in [2.75, 3.05) is 26.1 Å². The number of anilines is 1. The van der Waals surface area contributed by atoms with Crippen LogP contribution in [-0.4, -0.2) is 26.4 Å². The van der Waals surface area contributed by atoms with Gasteiger partial charge < -0.3 is 9.64 Å². The van der Waals surface area contributed by atoms with Crippen LogP contribution in [0.4, 0.5) is 5.69 Å². The number of para-hydroxylation sites is 1. The Balaban J connectivity index is 2.27. The van der Waals surface area contributed by atoms with Gasteiger partial charge in [0.05, 0.1) is 13.0 Å². The Kier molecular flexibility index (Phi) is 5.45. The fourth-order valence-corrected chi connectivity index (χ4v) is 2.63. The van der Waals surface area contributed by atoms with Gasteiger partial charge in [0.15, 0.2) is 0 Å². The molecule has 0 heterocycles. The normalized spacial score (nSPS) is 11.8. The molecule has 1 atom stereocenters. The van der Waals surface area contributed by atoms with Crippen molar-refractivity contribution in [1.29, 1.82) is 0 Å². The van der Waals surface area contributed by atoms with E-state index in [2.05, 4.69) is 0 Å². The number of carbonyl (C=O) groups is 1. The van der Waals surface area contributed by atoms with Gasteiger partial charge in [-0.05, 0) is 41.8 Å². The molecule has 0 saturated carbocycles. The third kappa shape index (κ3) is 3.80. The first-order valence-electron chi connectivity index (χ1n) is 7.11. The zero-order valence-electron chi connectivity index (χ0n) is 13.0. The number of hydrogen-bond donors (Lipinski definition) is 0. The minimum absolute atomic E-state index is 0.374. The number of methoxy groups -OCH3 is 1. The zero-order chi connectivity index (χ0) is 16.1. The average molecular weight is 318 g/mol. The summed E-state index contributed by atoms with van der Waals surface area (Å²) in [6, 6.07) is 15.6. The molecule has 0 bridgehead atoms. The quantitative estimate of drug-likeness (QED) is 0.758. The molecule has 0 aliphatic rings. The van der Waals surface area contributed by atoms with Crippen molar-refractivity contribution < 1.29 is 9.53 Å². The van der Waals surface area contributed by atoms with Crippen LogP contribution < -0.4 is 9.64 Å². The van der Waals surface area contributed by atoms with Crippen LogP contribution >= 0.6 is 11.6 Å². The Morgan fingerprint density at radius 3 is 2.32 bits per heavy atom. The zero-order valence-corrected chi connectivity index (χ0v) is 13.8. The molecule has 4 heteroatoms. The van der Waals surface area contributed by atoms with Crippen molar-refractivity contribution in [3.63, 3.8) is 0 Å². The summed E-state index contributed by atoms with van der Waals surface area (Å²) in [5.74, 6) is 0.273. The van der Waals surface area contributed by atoms with Gasteiger partial charge in [0.2, 0.25) is 5.24 Å². The molecule has 0 aromatic heterocycles. The van der Waals surface area contributed by atoms with Gasteiger partial charge in [0.25, 0.3) is 0 Å². The first kappa shape index (κ1) is 16.4. The predicted molar refractivity (Wildman–Crippen MR) is 91.1 cm³/mol. The van der Waals surface area contributed by atoms with E-state index in [1.807, 2.05) is 67.5 Å². The van der Waals surface area contributed by atoms with Gasteiger partial charge in [-0.1, -0.05) is 30.3 Å². The van der Waals surface area contributed by atoms with Crippen molar-refractivity contribution >= 4 is 22.5 Å². The number of carbonyl (C=O) groups excluding carboxylic acids is 1. The molecule has 116 valence electrons. The van der Waals surface area contributed by atoms with Crippen molar-refractivity contribution in [1.82, 2.24) is 0 Å². The highest BCUT2D eigenvalue weighted by Gasteiger charge is 2.22. The molecular weight excluding hydrogens is 298 g/mol. The molecular formula is C18H20ClNO2. The maximum atomic E-state index is 11.9. The lowest BCUT2D eigenvalue weighted by Crippen LogP contribution is -2.12. The fourth-order valence-electron chi connectivity index (χ4n) is 2.43. The summed E-state index contributed by atoms with van der Waals surface area (Å²) in [5, 5.41) is -0.374. The molecule has 2 rings (SSSR count). The van der Waals surface area contributed by atoms with Crippen molar-refractivity contribution in [2.24, 2.45) is 0 Å². The molecule has 0 radical (unpaired) electrons. The Bertz CT molecular complexity index is 638. The van der Waals surface area contributed by atoms with Gasteiger partial charge in [-0.25, -0.2) is 0 Å². The van der Waals surface area contributed by atoms with E-state index in [0.717, 1.165) is 16.8 Å². The molecule has 3 nitrogen and oxygen atoms in total. The van der Waals surface area contributed by atoms with Gasteiger partial charge in [0.1, 0.15) is 5.75 Å². The Morgan fingerprint density at radius 1 is 1.14 bits per heavy atom. The molecule has 0 aliphatic heterocycles. The second kappa shape index (κ2) is 7.32. The standard InChI is InChI=1S/C18H20ClNO2/c1-20(2)14-10-8-13(9-11-14)12-16(18(19)21)15-6-4-5-7-17(15)22-3/h4-11,16H,12H2,1-3H3. The number of hydrogen-bond acceptors (Lipinski definition) is 3. The number of ether oxygens (including phenoxy) is 1. The number of halogens is 1. The second-order valence-corrected chi connectivity index (χ2v) is 5.74. The third-order valence-corrected chi connectivity index (χ3v) is 3.94. The summed E-state index contributed by atoms with van der Waals surface area (Å²) < 4.78 is 5.35. The summed E-state index contributed by atoms with van der Waals surface area (Å²) in [5.41, 5.74) is 3.01. The van der Waals surface area contributed by atoms with Gasteiger partial charge >= 0.3 is 0 Å². The van der Waals surface area contributed by atoms with Crippen LogP contribution in [0, 0.1) is 0 Å². The topological polar surface area (TPSA) is 29.5 Å². The SMILES string of the molecule is COc1ccccc1C(Cc1ccc(N(C)C)cc1)C(=O)Cl. The van der Waals surface area contributed by atoms with Crippen LogP contribution in [0.5, 0.6) is 5.75 Å². The van der Waals surface area contributed by atoms with E-state index in [-0.39, 0.29) is 5.24 Å². The van der Waals surface area contributed by atoms with Gasteiger partial charge in [-0.3, -0.25) is 4.79 Å². The molecule has 0 fully saturated rings. The maximum Gasteiger partial charge on any atom is 0.229 e. The number of benzene rings is 2. The molecule has 2 aromatic carbocycles. The molecule has 0 saturated heterocycles. The lowest BCUT2D eigenvalue weighted by atomic mass is 9.92. The first-order chi connectivity index (χ1) is 10.5. The van der Waals surface area contributed by atoms with Crippen molar-refractivity contribution in [3.8, 4) is 5.75 Å². The molecule has 0 aliphatic carbocycles. The Labute approximate surface area is 136 Å². The number of rotatable bonds is 6. The molecule has 0 N–H and O–H groups in total. The van der Waals surface area contributed by atoms with E-state index in [1.54, 1.807) is 7.11 Å². The third-order valence-electron chi connectivity index (χ3n) is 3.68. The average Bonchev–Trinajstić information content (AvgIpc) is 2.52. The minimum Gasteiger partial charge on any atom is -0.496 e. The minimum atomic E-state index is -0.414. The van der Waals surface area contributed by atoms with E-state index in [0.29, 0.717) is 12.2 Å². The van der Waals surface area contributed by atoms with Crippen LogP contribution in [0.15, 0.2) is 48.5 Å². The molecule has 0 amide bonds. The summed E-state index contributed by atoms with van der Waals surface area (Å²) in [6.45, 7) is 0. The van der Waals surface area contributed by atoms with Crippen molar-refractivity contribution in [3.05, 3.63) is 59.7 Å². The fraction of sp³-hybridized carbons (Fsp3) is 0.278. The van der Waals surface area contributed by atoms with Crippen LogP contribution in [0.2, 0.25) is 0 Å². The van der Waals surface area contributed by atoms with Gasteiger partial charge in [-0.15, -0.1) is 0 Å². The molecule has 22 heavy (non-hydrogen) atoms. The highest BCUT2D eigenvalue weighted by atomic mass is 35.5. The van der Waals surface area contributed by atoms with Crippen LogP contribution in [0.1, 0.15) is 17.0 Å². The van der Waals surface area contributed by atoms with E-state index < -0.39 is 5.92 Å². The number of nitrogens with zero attached hydrogens (tertiary/aromatic N) is 1. The van der Waals surface area contributed by atoms with Crippen LogP contribution in [0.3, 0.4) is 0 Å². The summed E-state index contributed by atoms with van der Waals surface area (Å²) in [4.78, 5) is 13.9. The van der Waals surface area contributed by atoms with Crippen LogP contribution in [-0.2, 0) is 11.2 Å². The van der Waals surface area contributed by atoms with Gasteiger partial charge in [-0.2, -0.15) is 0 Å². The first-order valence-corrected chi connectivity index (χ1v) is 7.49. The summed E-state index contributed by atoms with van der Waals surface area (Å²) >= 11 is 5.84. The van der Waals surface area contributed by atoms with Crippen LogP contribution in [0.25, 0.3) is 0 Å². The monoisotopic (exact) mass is 317 g/mol. The molecule has 1 unspecified atom stereocenters. The highest BCUT2D eigenvalue weighted by molar-refractivity contribution is 6.64. The predicted octanol–water partition coefficient (Wildman–Crippen LogP) is 3.85. The Hall–Kier alpha value is -2.00. The second-order valence-electron chi connectivity index (χ2n) is 5.36. The van der Waals surface area contributed by atoms with Crippen molar-refractivity contribution in [2.45, 2.75) is 12.3 Å². The maximum absolute atomic E-state index is 11.9. The summed E-state index contributed by atoms with van der Waals surface area (Å²) in [7, 11) is 5.59.